The number of hydrogen-bond acceptors (Lipinski definition) is 8. The first kappa shape index (κ1) is 37.9. The van der Waals surface area contributed by atoms with E-state index in [0.717, 1.165) is 11.1 Å². The summed E-state index contributed by atoms with van der Waals surface area (Å²) in [5.74, 6) is 0. The molecule has 0 radical (unpaired) electrons. The summed E-state index contributed by atoms with van der Waals surface area (Å²) in [4.78, 5) is 4.21. The zero-order valence-electron chi connectivity index (χ0n) is 26.3. The average molecular weight is 729 g/mol. The first-order valence-electron chi connectivity index (χ1n) is 14.2. The van der Waals surface area contributed by atoms with Crippen LogP contribution in [0.15, 0.2) is 117 Å². The van der Waals surface area contributed by atoms with Gasteiger partial charge in [0.1, 0.15) is 0 Å². The van der Waals surface area contributed by atoms with Crippen molar-refractivity contribution in [3.63, 3.8) is 0 Å². The van der Waals surface area contributed by atoms with Gasteiger partial charge in [-0.2, -0.15) is 0 Å². The van der Waals surface area contributed by atoms with E-state index in [0.29, 0.717) is 24.0 Å². The first-order chi connectivity index (χ1) is 22.5. The number of sulfone groups is 4. The molecule has 0 amide bonds. The Hall–Kier alpha value is -4.56. The van der Waals surface area contributed by atoms with E-state index >= 15 is 0 Å². The molecule has 252 valence electrons. The lowest BCUT2D eigenvalue weighted by Crippen LogP contribution is -2.26. The van der Waals surface area contributed by atoms with Gasteiger partial charge in [0.15, 0.2) is 0 Å². The Morgan fingerprint density at radius 3 is 1.02 bits per heavy atom. The van der Waals surface area contributed by atoms with Gasteiger partial charge in [0.05, 0.1) is 19.6 Å². The Bertz CT molecular complexity index is 2220. The lowest BCUT2D eigenvalue weighted by molar-refractivity contribution is 0.00349. The van der Waals surface area contributed by atoms with Gasteiger partial charge in [-0.05, 0) is 97.5 Å². The molecule has 0 aliphatic heterocycles. The Labute approximate surface area is 280 Å². The minimum Gasteiger partial charge on any atom is -0.359 e. The minimum atomic E-state index is -4.49. The third kappa shape index (κ3) is 8.11. The molecule has 16 heteroatoms. The average Bonchev–Trinajstić information content (AvgIpc) is 3.05. The highest BCUT2D eigenvalue weighted by Crippen LogP contribution is 2.23. The summed E-state index contributed by atoms with van der Waals surface area (Å²) in [6, 6.07) is 23.0. The predicted molar refractivity (Wildman–Crippen MR) is 180 cm³/mol. The quantitative estimate of drug-likeness (QED) is 0.116. The molecule has 0 aromatic heterocycles. The van der Waals surface area contributed by atoms with Crippen LogP contribution in [0.3, 0.4) is 0 Å². The number of aryl methyl sites for hydroxylation is 4. The standard InChI is InChI=1S/C17H18N2O4S2.C15H14N2O4S2/c1-3-13-5-9-15(10-6-13)24(20,21)17(19-18)25(22,23)16-11-7-14(4-2)8-12-16;1-11-5-3-7-13(9-11)22(18,19)15(17-16)23(20,21)14-8-4-6-12(2)10-14/h5-12H,3-4H2,1-2H3;3-10H,1-2H3. The lowest BCUT2D eigenvalue weighted by Gasteiger charge is -2.04. The van der Waals surface area contributed by atoms with Crippen LogP contribution in [0.2, 0.25) is 0 Å². The van der Waals surface area contributed by atoms with E-state index in [1.165, 1.54) is 60.7 Å². The van der Waals surface area contributed by atoms with Crippen molar-refractivity contribution in [3.05, 3.63) is 130 Å². The van der Waals surface area contributed by atoms with E-state index in [2.05, 4.69) is 9.58 Å². The zero-order chi connectivity index (χ0) is 35.9. The van der Waals surface area contributed by atoms with Gasteiger partial charge in [-0.25, -0.2) is 33.7 Å². The van der Waals surface area contributed by atoms with Crippen molar-refractivity contribution in [3.8, 4) is 0 Å². The van der Waals surface area contributed by atoms with E-state index in [9.17, 15) is 33.7 Å². The summed E-state index contributed by atoms with van der Waals surface area (Å²) in [6.07, 6.45) is 1.42. The second kappa shape index (κ2) is 15.1. The lowest BCUT2D eigenvalue weighted by atomic mass is 10.2. The Morgan fingerprint density at radius 2 is 0.771 bits per heavy atom. The Balaban J connectivity index is 0.000000261. The summed E-state index contributed by atoms with van der Waals surface area (Å²) in [6.45, 7) is 7.16. The van der Waals surface area contributed by atoms with Crippen molar-refractivity contribution in [2.24, 2.45) is 0 Å². The van der Waals surface area contributed by atoms with Crippen LogP contribution in [0.25, 0.3) is 11.1 Å². The van der Waals surface area contributed by atoms with Crippen molar-refractivity contribution in [2.75, 3.05) is 0 Å². The Morgan fingerprint density at radius 1 is 0.479 bits per heavy atom. The minimum absolute atomic E-state index is 0.244. The molecule has 4 aromatic rings. The molecule has 0 unspecified atom stereocenters. The fourth-order valence-corrected chi connectivity index (χ4v) is 11.2. The second-order valence-electron chi connectivity index (χ2n) is 10.4. The molecule has 0 heterocycles. The molecule has 0 aliphatic rings. The van der Waals surface area contributed by atoms with E-state index < -0.39 is 48.1 Å². The highest BCUT2D eigenvalue weighted by Gasteiger charge is 2.45. The Kier molecular flexibility index (Phi) is 11.9. The van der Waals surface area contributed by atoms with Crippen LogP contribution in [-0.4, -0.2) is 52.0 Å². The zero-order valence-corrected chi connectivity index (χ0v) is 29.6. The van der Waals surface area contributed by atoms with Gasteiger partial charge in [0, 0.05) is 0 Å². The van der Waals surface area contributed by atoms with Crippen LogP contribution in [-0.2, 0) is 52.2 Å². The third-order valence-corrected chi connectivity index (χ3v) is 15.3. The monoisotopic (exact) mass is 728 g/mol. The van der Waals surface area contributed by atoms with Crippen LogP contribution in [0, 0.1) is 13.8 Å². The van der Waals surface area contributed by atoms with Gasteiger partial charge < -0.3 is 11.1 Å². The molecule has 0 saturated heterocycles. The molecule has 0 spiro atoms. The molecule has 48 heavy (non-hydrogen) atoms. The van der Waals surface area contributed by atoms with E-state index in [-0.39, 0.29) is 19.6 Å². The van der Waals surface area contributed by atoms with E-state index in [4.69, 9.17) is 11.1 Å². The van der Waals surface area contributed by atoms with Gasteiger partial charge in [0.2, 0.25) is 0 Å². The van der Waals surface area contributed by atoms with Gasteiger partial charge in [-0.15, -0.1) is 9.58 Å². The third-order valence-electron chi connectivity index (χ3n) is 6.97. The molecule has 12 nitrogen and oxygen atoms in total. The van der Waals surface area contributed by atoms with Gasteiger partial charge in [0.25, 0.3) is 39.3 Å². The summed E-state index contributed by atoms with van der Waals surface area (Å²) in [7, 11) is -17.9. The number of rotatable bonds is 6. The summed E-state index contributed by atoms with van der Waals surface area (Å²) in [5, 5.41) is 0. The first-order valence-corrected chi connectivity index (χ1v) is 20.2. The SMILES string of the molecule is CCc1ccc(S(=O)(=O)C(=[N+]=[N-])S(=O)(=O)c2ccc(CC)cc2)cc1.Cc1cccc(S(=O)(=O)C(=[N+]=[N-])S(=O)(=O)c2cccc(C)c2)c1. The number of benzene rings is 4. The van der Waals surface area contributed by atoms with Crippen molar-refractivity contribution in [2.45, 2.75) is 60.1 Å². The largest absolute Gasteiger partial charge is 0.504 e. The molecule has 0 bridgehead atoms. The summed E-state index contributed by atoms with van der Waals surface area (Å²) in [5.41, 5.74) is 21.3. The maximum atomic E-state index is 12.6. The number of hydrogen-bond donors (Lipinski definition) is 0. The maximum absolute atomic E-state index is 12.6. The molecule has 0 N–H and O–H groups in total. The van der Waals surface area contributed by atoms with Crippen LogP contribution >= 0.6 is 0 Å². The smallest absolute Gasteiger partial charge is 0.359 e. The maximum Gasteiger partial charge on any atom is 0.504 e. The molecular weight excluding hydrogens is 697 g/mol. The summed E-state index contributed by atoms with van der Waals surface area (Å²) >= 11 is 0. The van der Waals surface area contributed by atoms with Crippen LogP contribution in [0.4, 0.5) is 0 Å². The molecule has 0 aliphatic carbocycles. The van der Waals surface area contributed by atoms with Crippen LogP contribution < -0.4 is 0 Å². The predicted octanol–water partition coefficient (Wildman–Crippen LogP) is 4.78. The highest BCUT2D eigenvalue weighted by atomic mass is 32.3. The fraction of sp³-hybridized carbons (Fsp3) is 0.188. The van der Waals surface area contributed by atoms with Crippen molar-refractivity contribution in [1.82, 2.24) is 0 Å². The van der Waals surface area contributed by atoms with E-state index in [1.807, 2.05) is 13.8 Å². The molecular formula is C32H32N4O8S4. The van der Waals surface area contributed by atoms with Crippen LogP contribution in [0.1, 0.15) is 36.1 Å². The molecule has 4 rings (SSSR count). The van der Waals surface area contributed by atoms with Crippen LogP contribution in [0.5, 0.6) is 0 Å². The molecule has 4 aromatic carbocycles. The number of nitrogens with zero attached hydrogens (tertiary/aromatic N) is 4. The normalized spacial score (nSPS) is 11.8. The van der Waals surface area contributed by atoms with Gasteiger partial charge in [-0.3, -0.25) is 0 Å². The second-order valence-corrected chi connectivity index (χ2v) is 18.4. The van der Waals surface area contributed by atoms with Crippen molar-refractivity contribution >= 4 is 48.1 Å². The van der Waals surface area contributed by atoms with Crippen molar-refractivity contribution in [1.29, 1.82) is 0 Å². The molecule has 0 saturated carbocycles. The molecule has 0 atom stereocenters. The molecule has 0 fully saturated rings. The highest BCUT2D eigenvalue weighted by molar-refractivity contribution is 8.31. The van der Waals surface area contributed by atoms with Crippen molar-refractivity contribution < 1.29 is 43.3 Å². The van der Waals surface area contributed by atoms with E-state index in [1.54, 1.807) is 50.2 Å². The fourth-order valence-electron chi connectivity index (χ4n) is 4.28. The van der Waals surface area contributed by atoms with Gasteiger partial charge >= 0.3 is 8.75 Å². The topological polar surface area (TPSA) is 209 Å². The summed E-state index contributed by atoms with van der Waals surface area (Å²) < 4.78 is 98.2. The van der Waals surface area contributed by atoms with Gasteiger partial charge in [-0.1, -0.05) is 62.4 Å².